The van der Waals surface area contributed by atoms with Gasteiger partial charge in [0.1, 0.15) is 5.70 Å². The zero-order valence-corrected chi connectivity index (χ0v) is 10.8. The van der Waals surface area contributed by atoms with Crippen LogP contribution in [0.25, 0.3) is 0 Å². The highest BCUT2D eigenvalue weighted by Crippen LogP contribution is 2.41. The molecule has 0 bridgehead atoms. The molecule has 0 saturated carbocycles. The van der Waals surface area contributed by atoms with Crippen molar-refractivity contribution < 1.29 is 13.7 Å². The van der Waals surface area contributed by atoms with Crippen molar-refractivity contribution in [1.82, 2.24) is 5.32 Å². The molecule has 2 rings (SSSR count). The Hall–Kier alpha value is -1.60. The van der Waals surface area contributed by atoms with Gasteiger partial charge in [-0.3, -0.25) is 15.4 Å². The summed E-state index contributed by atoms with van der Waals surface area (Å²) in [7, 11) is 1.37. The third kappa shape index (κ3) is 2.08. The monoisotopic (exact) mass is 289 g/mol. The van der Waals surface area contributed by atoms with Gasteiger partial charge in [-0.2, -0.15) is 8.78 Å². The highest BCUT2D eigenvalue weighted by molar-refractivity contribution is 6.33. The average molecular weight is 290 g/mol. The average Bonchev–Trinajstić information content (AvgIpc) is 2.29. The Morgan fingerprint density at radius 1 is 1.53 bits per heavy atom. The molecule has 0 saturated heterocycles. The van der Waals surface area contributed by atoms with Crippen LogP contribution in [0.3, 0.4) is 0 Å². The van der Waals surface area contributed by atoms with Crippen LogP contribution in [-0.2, 0) is 0 Å². The Balaban J connectivity index is 2.71. The van der Waals surface area contributed by atoms with Crippen molar-refractivity contribution in [3.05, 3.63) is 45.3 Å². The van der Waals surface area contributed by atoms with E-state index in [0.29, 0.717) is 12.2 Å². The lowest BCUT2D eigenvalue weighted by molar-refractivity contribution is -0.432. The highest BCUT2D eigenvalue weighted by atomic mass is 35.5. The third-order valence-electron chi connectivity index (χ3n) is 2.93. The Bertz CT molecular complexity index is 580. The molecule has 0 aromatic heterocycles. The van der Waals surface area contributed by atoms with E-state index in [-0.39, 0.29) is 17.0 Å². The van der Waals surface area contributed by atoms with Gasteiger partial charge in [-0.05, 0) is 32.2 Å². The SMILES string of the molecule is CNC1(Cl)C2=CC(F)(F)C=CC2=NC(C)=C1[N+](=O)[O-]. The number of hydrogen-bond donors (Lipinski definition) is 1. The molecule has 0 spiro atoms. The van der Waals surface area contributed by atoms with Crippen molar-refractivity contribution in [2.75, 3.05) is 7.05 Å². The first-order valence-electron chi connectivity index (χ1n) is 5.34. The van der Waals surface area contributed by atoms with Gasteiger partial charge in [-0.25, -0.2) is 4.99 Å². The van der Waals surface area contributed by atoms with Gasteiger partial charge in [0.25, 0.3) is 5.92 Å². The zero-order chi connectivity index (χ0) is 14.4. The number of nitrogens with zero attached hydrogens (tertiary/aromatic N) is 2. The second-order valence-electron chi connectivity index (χ2n) is 4.16. The Morgan fingerprint density at radius 3 is 2.68 bits per heavy atom. The minimum absolute atomic E-state index is 0.0800. The molecule has 2 aliphatic rings. The number of aliphatic imine (C=N–C) groups is 1. The van der Waals surface area contributed by atoms with Crippen LogP contribution >= 0.6 is 11.6 Å². The first-order valence-corrected chi connectivity index (χ1v) is 5.72. The summed E-state index contributed by atoms with van der Waals surface area (Å²) in [5.74, 6) is -3.21. The van der Waals surface area contributed by atoms with Crippen molar-refractivity contribution in [3.63, 3.8) is 0 Å². The molecule has 0 aromatic rings. The smallest absolute Gasteiger partial charge is 0.289 e. The topological polar surface area (TPSA) is 67.5 Å². The third-order valence-corrected chi connectivity index (χ3v) is 3.50. The van der Waals surface area contributed by atoms with Crippen LogP contribution in [0.15, 0.2) is 40.2 Å². The number of allylic oxidation sites excluding steroid dienone is 4. The summed E-state index contributed by atoms with van der Waals surface area (Å²) in [6.07, 6.45) is 2.38. The molecule has 0 radical (unpaired) electrons. The maximum absolute atomic E-state index is 13.4. The van der Waals surface area contributed by atoms with Gasteiger partial charge < -0.3 is 0 Å². The lowest BCUT2D eigenvalue weighted by Crippen LogP contribution is -2.49. The molecule has 8 heteroatoms. The summed E-state index contributed by atoms with van der Waals surface area (Å²) >= 11 is 6.19. The first-order chi connectivity index (χ1) is 8.71. The van der Waals surface area contributed by atoms with Crippen molar-refractivity contribution >= 4 is 17.3 Å². The highest BCUT2D eigenvalue weighted by Gasteiger charge is 2.51. The van der Waals surface area contributed by atoms with E-state index in [1.54, 1.807) is 0 Å². The molecule has 1 unspecified atom stereocenters. The molecular formula is C11H10ClF2N3O2. The molecule has 5 nitrogen and oxygen atoms in total. The molecule has 19 heavy (non-hydrogen) atoms. The first kappa shape index (κ1) is 13.8. The number of fused-ring (bicyclic) bond motifs is 1. The van der Waals surface area contributed by atoms with E-state index in [0.717, 1.165) is 6.08 Å². The summed E-state index contributed by atoms with van der Waals surface area (Å²) < 4.78 is 26.8. The number of nitro groups is 1. The lowest BCUT2D eigenvalue weighted by Gasteiger charge is -2.32. The Kier molecular flexibility index (Phi) is 3.06. The van der Waals surface area contributed by atoms with Crippen LogP contribution in [0.2, 0.25) is 0 Å². The Morgan fingerprint density at radius 2 is 2.16 bits per heavy atom. The van der Waals surface area contributed by atoms with Crippen molar-refractivity contribution in [2.45, 2.75) is 17.8 Å². The summed E-state index contributed by atoms with van der Waals surface area (Å²) in [5.41, 5.74) is -0.283. The van der Waals surface area contributed by atoms with Crippen LogP contribution in [0, 0.1) is 10.1 Å². The van der Waals surface area contributed by atoms with Crippen LogP contribution in [0.5, 0.6) is 0 Å². The zero-order valence-electron chi connectivity index (χ0n) is 10.1. The molecule has 0 amide bonds. The largest absolute Gasteiger partial charge is 0.306 e. The number of halogens is 3. The minimum Gasteiger partial charge on any atom is -0.289 e. The van der Waals surface area contributed by atoms with Gasteiger partial charge in [0.15, 0.2) is 0 Å². The maximum atomic E-state index is 13.4. The van der Waals surface area contributed by atoms with E-state index < -0.39 is 21.5 Å². The fraction of sp³-hybridized carbons (Fsp3) is 0.364. The number of rotatable bonds is 2. The number of alkyl halides is 3. The molecule has 1 atom stereocenters. The summed E-state index contributed by atoms with van der Waals surface area (Å²) in [5, 5.41) is 13.6. The van der Waals surface area contributed by atoms with Gasteiger partial charge in [0.05, 0.1) is 10.6 Å². The molecule has 102 valence electrons. The normalized spacial score (nSPS) is 28.7. The van der Waals surface area contributed by atoms with Gasteiger partial charge in [0.2, 0.25) is 5.00 Å². The van der Waals surface area contributed by atoms with Gasteiger partial charge in [-0.1, -0.05) is 11.6 Å². The predicted octanol–water partition coefficient (Wildman–Crippen LogP) is 2.24. The second kappa shape index (κ2) is 4.21. The summed E-state index contributed by atoms with van der Waals surface area (Å²) in [4.78, 5) is 12.5. The molecule has 1 aliphatic carbocycles. The minimum atomic E-state index is -3.21. The van der Waals surface area contributed by atoms with E-state index >= 15 is 0 Å². The summed E-state index contributed by atoms with van der Waals surface area (Å²) in [6, 6.07) is 0. The molecule has 1 heterocycles. The molecule has 0 fully saturated rings. The molecular weight excluding hydrogens is 280 g/mol. The van der Waals surface area contributed by atoms with Crippen LogP contribution in [0.1, 0.15) is 6.92 Å². The van der Waals surface area contributed by atoms with Crippen molar-refractivity contribution in [1.29, 1.82) is 0 Å². The van der Waals surface area contributed by atoms with E-state index in [4.69, 9.17) is 11.6 Å². The van der Waals surface area contributed by atoms with Crippen molar-refractivity contribution in [2.24, 2.45) is 4.99 Å². The fourth-order valence-electron chi connectivity index (χ4n) is 2.09. The standard InChI is InChI=1S/C11H10ClF2N3O2/c1-6-9(17(18)19)11(12,15-2)7-5-10(13,14)4-3-8(7)16-6/h3-5,15H,1-2H3. The number of hydrogen-bond acceptors (Lipinski definition) is 4. The maximum Gasteiger partial charge on any atom is 0.306 e. The van der Waals surface area contributed by atoms with Crippen LogP contribution in [-0.4, -0.2) is 28.6 Å². The van der Waals surface area contributed by atoms with E-state index in [1.807, 2.05) is 0 Å². The van der Waals surface area contributed by atoms with Gasteiger partial charge >= 0.3 is 5.70 Å². The van der Waals surface area contributed by atoms with E-state index in [2.05, 4.69) is 10.3 Å². The van der Waals surface area contributed by atoms with Crippen LogP contribution < -0.4 is 5.32 Å². The fourth-order valence-corrected chi connectivity index (χ4v) is 2.45. The van der Waals surface area contributed by atoms with Gasteiger partial charge in [-0.15, -0.1) is 0 Å². The molecule has 1 aliphatic heterocycles. The molecule has 1 N–H and O–H groups in total. The Labute approximate surface area is 112 Å². The van der Waals surface area contributed by atoms with Crippen molar-refractivity contribution in [3.8, 4) is 0 Å². The number of nitrogens with one attached hydrogen (secondary N) is 1. The van der Waals surface area contributed by atoms with E-state index in [1.165, 1.54) is 14.0 Å². The predicted molar refractivity (Wildman–Crippen MR) is 66.9 cm³/mol. The lowest BCUT2D eigenvalue weighted by atomic mass is 9.89. The van der Waals surface area contributed by atoms with E-state index in [9.17, 15) is 18.9 Å². The quantitative estimate of drug-likeness (QED) is 0.367. The second-order valence-corrected chi connectivity index (χ2v) is 4.73. The molecule has 0 aromatic carbocycles. The number of likely N-dealkylation sites (N-methyl/N-ethyl adjacent to an activating group) is 1. The van der Waals surface area contributed by atoms with Crippen LogP contribution in [0.4, 0.5) is 8.78 Å². The summed E-state index contributed by atoms with van der Waals surface area (Å²) in [6.45, 7) is 1.41. The van der Waals surface area contributed by atoms with Gasteiger partial charge in [0, 0.05) is 5.57 Å².